The second kappa shape index (κ2) is 9.62. The zero-order valence-electron chi connectivity index (χ0n) is 17.5. The molecule has 7 nitrogen and oxygen atoms in total. The van der Waals surface area contributed by atoms with E-state index in [-0.39, 0.29) is 24.0 Å². The number of benzene rings is 1. The molecular weight excluding hydrogens is 401 g/mol. The average molecular weight is 431 g/mol. The van der Waals surface area contributed by atoms with E-state index in [1.807, 2.05) is 27.7 Å². The van der Waals surface area contributed by atoms with Gasteiger partial charge in [-0.2, -0.15) is 0 Å². The molecule has 29 heavy (non-hydrogen) atoms. The van der Waals surface area contributed by atoms with Gasteiger partial charge in [0.2, 0.25) is 5.91 Å². The fourth-order valence-corrected chi connectivity index (χ4v) is 2.92. The molecule has 0 aliphatic carbocycles. The minimum absolute atomic E-state index is 0.0736. The summed E-state index contributed by atoms with van der Waals surface area (Å²) in [6.45, 7) is 7.87. The number of rotatable bonds is 9. The Balaban J connectivity index is 2.07. The highest BCUT2D eigenvalue weighted by Crippen LogP contribution is 2.37. The first kappa shape index (κ1) is 23.9. The molecule has 2 rings (SSSR count). The lowest BCUT2D eigenvalue weighted by atomic mass is 9.76. The Morgan fingerprint density at radius 3 is 2.48 bits per heavy atom. The number of nitrogens with one attached hydrogen (secondary N) is 1. The summed E-state index contributed by atoms with van der Waals surface area (Å²) in [7, 11) is 0.755. The largest absolute Gasteiger partial charge is 0.490 e. The predicted octanol–water partition coefficient (Wildman–Crippen LogP) is 2.34. The van der Waals surface area contributed by atoms with Crippen molar-refractivity contribution in [3.05, 3.63) is 29.0 Å². The summed E-state index contributed by atoms with van der Waals surface area (Å²) in [6, 6.07) is 3.33. The van der Waals surface area contributed by atoms with Crippen LogP contribution in [0.25, 0.3) is 0 Å². The van der Waals surface area contributed by atoms with Gasteiger partial charge in [0.25, 0.3) is 0 Å². The van der Waals surface area contributed by atoms with Crippen LogP contribution in [0, 0.1) is 5.82 Å². The highest BCUT2D eigenvalue weighted by molar-refractivity contribution is 6.48. The van der Waals surface area contributed by atoms with Crippen LogP contribution in [0.2, 0.25) is 5.02 Å². The lowest BCUT2D eigenvalue weighted by Gasteiger charge is -2.32. The molecular formula is C19H29BClFN2O5. The fraction of sp³-hybridized carbons (Fsp3) is 0.632. The van der Waals surface area contributed by atoms with Crippen LogP contribution < -0.4 is 15.8 Å². The number of ether oxygens (including phenoxy) is 2. The molecule has 1 aromatic carbocycles. The zero-order chi connectivity index (χ0) is 21.8. The number of amides is 1. The van der Waals surface area contributed by atoms with E-state index < -0.39 is 42.0 Å². The van der Waals surface area contributed by atoms with Crippen molar-refractivity contribution in [1.29, 1.82) is 0 Å². The summed E-state index contributed by atoms with van der Waals surface area (Å²) < 4.78 is 36.5. The van der Waals surface area contributed by atoms with Crippen LogP contribution in [-0.4, -0.2) is 56.5 Å². The fourth-order valence-electron chi connectivity index (χ4n) is 2.76. The molecule has 1 aliphatic heterocycles. The van der Waals surface area contributed by atoms with Crippen molar-refractivity contribution < 1.29 is 28.0 Å². The monoisotopic (exact) mass is 430 g/mol. The molecule has 0 bridgehead atoms. The summed E-state index contributed by atoms with van der Waals surface area (Å²) >= 11 is 5.76. The van der Waals surface area contributed by atoms with Crippen LogP contribution in [0.3, 0.4) is 0 Å². The van der Waals surface area contributed by atoms with Crippen molar-refractivity contribution in [2.75, 3.05) is 20.3 Å². The SMILES string of the molecule is COCC(N)C(=O)NC(CCOc1ccc(Cl)cc1F)B1OC(C)(C)C(C)(C)O1. The lowest BCUT2D eigenvalue weighted by Crippen LogP contribution is -2.54. The van der Waals surface area contributed by atoms with Gasteiger partial charge in [0.05, 0.1) is 30.4 Å². The standard InChI is InChI=1S/C19H29BClFN2O5/c1-18(2)19(3,4)29-20(28-18)16(24-17(25)14(23)11-26-5)8-9-27-15-7-6-12(21)10-13(15)22/h6-7,10,14,16H,8-9,11,23H2,1-5H3,(H,24,25). The minimum Gasteiger partial charge on any atom is -0.490 e. The van der Waals surface area contributed by atoms with E-state index in [9.17, 15) is 9.18 Å². The van der Waals surface area contributed by atoms with Crippen LogP contribution in [0.1, 0.15) is 34.1 Å². The van der Waals surface area contributed by atoms with Gasteiger partial charge in [-0.3, -0.25) is 4.79 Å². The third-order valence-corrected chi connectivity index (χ3v) is 5.43. The Kier molecular flexibility index (Phi) is 7.92. The maximum atomic E-state index is 13.9. The van der Waals surface area contributed by atoms with E-state index in [2.05, 4.69) is 5.32 Å². The molecule has 3 N–H and O–H groups in total. The highest BCUT2D eigenvalue weighted by atomic mass is 35.5. The predicted molar refractivity (Wildman–Crippen MR) is 109 cm³/mol. The van der Waals surface area contributed by atoms with Crippen molar-refractivity contribution in [2.45, 2.75) is 57.3 Å². The molecule has 1 amide bonds. The second-order valence-corrected chi connectivity index (χ2v) is 8.45. The Hall–Kier alpha value is -1.39. The summed E-state index contributed by atoms with van der Waals surface area (Å²) in [5.41, 5.74) is 4.68. The van der Waals surface area contributed by atoms with E-state index >= 15 is 0 Å². The molecule has 0 saturated carbocycles. The van der Waals surface area contributed by atoms with Crippen molar-refractivity contribution in [3.8, 4) is 5.75 Å². The van der Waals surface area contributed by atoms with Gasteiger partial charge in [0.15, 0.2) is 11.6 Å². The summed E-state index contributed by atoms with van der Waals surface area (Å²) in [5, 5.41) is 3.12. The zero-order valence-corrected chi connectivity index (χ0v) is 18.2. The second-order valence-electron chi connectivity index (χ2n) is 8.01. The molecule has 2 atom stereocenters. The van der Waals surface area contributed by atoms with E-state index in [1.54, 1.807) is 0 Å². The average Bonchev–Trinajstić information content (AvgIpc) is 2.83. The normalized spacial score (nSPS) is 19.7. The molecule has 2 unspecified atom stereocenters. The topological polar surface area (TPSA) is 92.0 Å². The van der Waals surface area contributed by atoms with Crippen LogP contribution in [0.5, 0.6) is 5.75 Å². The lowest BCUT2D eigenvalue weighted by molar-refractivity contribution is -0.123. The molecule has 1 aliphatic rings. The maximum Gasteiger partial charge on any atom is 0.481 e. The third kappa shape index (κ3) is 6.05. The van der Waals surface area contributed by atoms with Crippen LogP contribution in [0.15, 0.2) is 18.2 Å². The van der Waals surface area contributed by atoms with Crippen LogP contribution in [-0.2, 0) is 18.8 Å². The van der Waals surface area contributed by atoms with Crippen LogP contribution >= 0.6 is 11.6 Å². The van der Waals surface area contributed by atoms with E-state index in [0.717, 1.165) is 0 Å². The number of carbonyl (C=O) groups excluding carboxylic acids is 1. The number of nitrogens with two attached hydrogens (primary N) is 1. The number of hydrogen-bond donors (Lipinski definition) is 2. The van der Waals surface area contributed by atoms with Gasteiger partial charge in [-0.25, -0.2) is 4.39 Å². The van der Waals surface area contributed by atoms with Crippen molar-refractivity contribution in [3.63, 3.8) is 0 Å². The minimum atomic E-state index is -0.834. The van der Waals surface area contributed by atoms with Gasteiger partial charge in [0, 0.05) is 18.6 Å². The molecule has 1 saturated heterocycles. The Labute approximate surface area is 176 Å². The van der Waals surface area contributed by atoms with E-state index in [1.165, 1.54) is 25.3 Å². The van der Waals surface area contributed by atoms with Gasteiger partial charge in [-0.15, -0.1) is 0 Å². The molecule has 0 spiro atoms. The van der Waals surface area contributed by atoms with Gasteiger partial charge in [-0.05, 0) is 45.9 Å². The number of halogens is 2. The summed E-state index contributed by atoms with van der Waals surface area (Å²) in [4.78, 5) is 12.4. The van der Waals surface area contributed by atoms with Crippen LogP contribution in [0.4, 0.5) is 4.39 Å². The molecule has 0 radical (unpaired) electrons. The molecule has 162 valence electrons. The van der Waals surface area contributed by atoms with Crippen molar-refractivity contribution in [1.82, 2.24) is 5.32 Å². The summed E-state index contributed by atoms with van der Waals surface area (Å²) in [6.07, 6.45) is 0.310. The van der Waals surface area contributed by atoms with Gasteiger partial charge < -0.3 is 29.8 Å². The molecule has 1 aromatic rings. The third-order valence-electron chi connectivity index (χ3n) is 5.19. The van der Waals surface area contributed by atoms with E-state index in [0.29, 0.717) is 6.42 Å². The first-order valence-electron chi connectivity index (χ1n) is 9.45. The first-order chi connectivity index (χ1) is 13.5. The molecule has 10 heteroatoms. The Morgan fingerprint density at radius 1 is 1.31 bits per heavy atom. The number of methoxy groups -OCH3 is 1. The van der Waals surface area contributed by atoms with Gasteiger partial charge >= 0.3 is 7.12 Å². The highest BCUT2D eigenvalue weighted by Gasteiger charge is 2.54. The van der Waals surface area contributed by atoms with Gasteiger partial charge in [0.1, 0.15) is 6.04 Å². The van der Waals surface area contributed by atoms with Crippen molar-refractivity contribution >= 4 is 24.6 Å². The maximum absolute atomic E-state index is 13.9. The molecule has 1 heterocycles. The van der Waals surface area contributed by atoms with Crippen molar-refractivity contribution in [2.24, 2.45) is 5.73 Å². The first-order valence-corrected chi connectivity index (χ1v) is 9.83. The quantitative estimate of drug-likeness (QED) is 0.584. The summed E-state index contributed by atoms with van der Waals surface area (Å²) in [5.74, 6) is -1.44. The Morgan fingerprint density at radius 2 is 1.93 bits per heavy atom. The van der Waals surface area contributed by atoms with Gasteiger partial charge in [-0.1, -0.05) is 11.6 Å². The number of hydrogen-bond acceptors (Lipinski definition) is 6. The molecule has 1 fully saturated rings. The number of carbonyl (C=O) groups is 1. The Bertz CT molecular complexity index is 706. The van der Waals surface area contributed by atoms with E-state index in [4.69, 9.17) is 36.1 Å². The smallest absolute Gasteiger partial charge is 0.481 e. The molecule has 0 aromatic heterocycles.